The van der Waals surface area contributed by atoms with E-state index in [0.29, 0.717) is 0 Å². The first-order valence-corrected chi connectivity index (χ1v) is 9.18. The predicted octanol–water partition coefficient (Wildman–Crippen LogP) is 3.12. The molecule has 2 aromatic rings. The number of ether oxygens (including phenoxy) is 1. The van der Waals surface area contributed by atoms with Gasteiger partial charge in [-0.15, -0.1) is 0 Å². The fourth-order valence-corrected chi connectivity index (χ4v) is 3.15. The topological polar surface area (TPSA) is 57.5 Å². The third-order valence-corrected chi connectivity index (χ3v) is 4.73. The van der Waals surface area contributed by atoms with Crippen LogP contribution in [0.3, 0.4) is 0 Å². The van der Waals surface area contributed by atoms with Crippen molar-refractivity contribution >= 4 is 0 Å². The number of rotatable bonds is 8. The lowest BCUT2D eigenvalue weighted by Gasteiger charge is -2.23. The van der Waals surface area contributed by atoms with Crippen LogP contribution < -0.4 is 0 Å². The van der Waals surface area contributed by atoms with Crippen LogP contribution >= 0.6 is 0 Å². The van der Waals surface area contributed by atoms with E-state index < -0.39 is 0 Å². The molecule has 1 fully saturated rings. The number of aromatic nitrogens is 2. The highest BCUT2D eigenvalue weighted by molar-refractivity contribution is 5.12. The number of nitrogens with zero attached hydrogens (tertiary/aromatic N) is 3. The summed E-state index contributed by atoms with van der Waals surface area (Å²) in [5.74, 6) is 1.97. The summed E-state index contributed by atoms with van der Waals surface area (Å²) in [7, 11) is 4.20. The smallest absolute Gasteiger partial charge is 0.133 e. The standard InChI is InChI=1S/C19H30N4O2/c1-15-17(21-14-20-15)13-23(10-9-22(2)3)12-16-7-8-19(25-16)18-6-4-5-11-24-18/h7-8,14,18H,4-6,9-13H2,1-3H3,(H,20,21). The van der Waals surface area contributed by atoms with Gasteiger partial charge in [0.15, 0.2) is 0 Å². The van der Waals surface area contributed by atoms with Crippen LogP contribution in [0.5, 0.6) is 0 Å². The predicted molar refractivity (Wildman–Crippen MR) is 97.2 cm³/mol. The molecule has 3 heterocycles. The summed E-state index contributed by atoms with van der Waals surface area (Å²) in [5.41, 5.74) is 2.23. The Morgan fingerprint density at radius 1 is 1.20 bits per heavy atom. The first kappa shape index (κ1) is 18.2. The zero-order chi connectivity index (χ0) is 17.6. The molecule has 1 atom stereocenters. The number of H-pyrrole nitrogens is 1. The Balaban J connectivity index is 1.64. The van der Waals surface area contributed by atoms with Gasteiger partial charge in [0.05, 0.1) is 18.6 Å². The molecule has 0 bridgehead atoms. The van der Waals surface area contributed by atoms with Gasteiger partial charge in [-0.3, -0.25) is 4.90 Å². The first-order valence-electron chi connectivity index (χ1n) is 9.18. The molecular weight excluding hydrogens is 316 g/mol. The molecule has 6 nitrogen and oxygen atoms in total. The Bertz CT molecular complexity index is 643. The van der Waals surface area contributed by atoms with Crippen LogP contribution in [0.1, 0.15) is 48.3 Å². The van der Waals surface area contributed by atoms with Gasteiger partial charge in [-0.05, 0) is 52.4 Å². The van der Waals surface area contributed by atoms with Crippen LogP contribution in [0.4, 0.5) is 0 Å². The molecule has 0 spiro atoms. The Morgan fingerprint density at radius 2 is 2.08 bits per heavy atom. The summed E-state index contributed by atoms with van der Waals surface area (Å²) < 4.78 is 11.9. The molecule has 1 N–H and O–H groups in total. The van der Waals surface area contributed by atoms with E-state index in [1.807, 2.05) is 0 Å². The van der Waals surface area contributed by atoms with Crippen molar-refractivity contribution < 1.29 is 9.15 Å². The van der Waals surface area contributed by atoms with E-state index >= 15 is 0 Å². The number of aromatic amines is 1. The summed E-state index contributed by atoms with van der Waals surface area (Å²) in [6.45, 7) is 6.48. The number of likely N-dealkylation sites (N-methyl/N-ethyl adjacent to an activating group) is 1. The average molecular weight is 346 g/mol. The van der Waals surface area contributed by atoms with Gasteiger partial charge in [-0.25, -0.2) is 4.98 Å². The van der Waals surface area contributed by atoms with Crippen LogP contribution in [0.25, 0.3) is 0 Å². The van der Waals surface area contributed by atoms with Crippen LogP contribution in [-0.4, -0.2) is 53.6 Å². The number of imidazole rings is 1. The normalized spacial score (nSPS) is 18.4. The maximum absolute atomic E-state index is 6.10. The molecule has 3 rings (SSSR count). The summed E-state index contributed by atoms with van der Waals surface area (Å²) in [6, 6.07) is 4.17. The molecule has 0 saturated carbocycles. The molecule has 0 radical (unpaired) electrons. The van der Waals surface area contributed by atoms with Gasteiger partial charge in [0.1, 0.15) is 17.6 Å². The van der Waals surface area contributed by atoms with E-state index in [0.717, 1.165) is 68.5 Å². The molecule has 138 valence electrons. The Hall–Kier alpha value is -1.63. The second-order valence-electron chi connectivity index (χ2n) is 7.15. The molecule has 6 heteroatoms. The molecular formula is C19H30N4O2. The summed E-state index contributed by atoms with van der Waals surface area (Å²) >= 11 is 0. The molecule has 0 aliphatic carbocycles. The quantitative estimate of drug-likeness (QED) is 0.796. The van der Waals surface area contributed by atoms with Gasteiger partial charge in [0.2, 0.25) is 0 Å². The van der Waals surface area contributed by atoms with E-state index in [1.54, 1.807) is 6.33 Å². The maximum atomic E-state index is 6.10. The Kier molecular flexibility index (Phi) is 6.29. The molecule has 1 aliphatic rings. The van der Waals surface area contributed by atoms with Gasteiger partial charge >= 0.3 is 0 Å². The van der Waals surface area contributed by atoms with E-state index in [2.05, 4.69) is 52.9 Å². The van der Waals surface area contributed by atoms with E-state index in [4.69, 9.17) is 9.15 Å². The fourth-order valence-electron chi connectivity index (χ4n) is 3.15. The second-order valence-corrected chi connectivity index (χ2v) is 7.15. The highest BCUT2D eigenvalue weighted by Crippen LogP contribution is 2.29. The van der Waals surface area contributed by atoms with Crippen LogP contribution in [0, 0.1) is 6.92 Å². The SMILES string of the molecule is Cc1[nH]cnc1CN(CCN(C)C)Cc1ccc(C2CCCCO2)o1. The zero-order valence-corrected chi connectivity index (χ0v) is 15.6. The van der Waals surface area contributed by atoms with Crippen molar-refractivity contribution in [2.75, 3.05) is 33.8 Å². The second kappa shape index (κ2) is 8.65. The maximum Gasteiger partial charge on any atom is 0.133 e. The lowest BCUT2D eigenvalue weighted by atomic mass is 10.1. The largest absolute Gasteiger partial charge is 0.462 e. The van der Waals surface area contributed by atoms with Crippen LogP contribution in [0.15, 0.2) is 22.9 Å². The van der Waals surface area contributed by atoms with E-state index in [9.17, 15) is 0 Å². The molecule has 1 saturated heterocycles. The summed E-state index contributed by atoms with van der Waals surface area (Å²) in [6.07, 6.45) is 5.33. The minimum absolute atomic E-state index is 0.131. The fraction of sp³-hybridized carbons (Fsp3) is 0.632. The number of nitrogens with one attached hydrogen (secondary N) is 1. The average Bonchev–Trinajstić information content (AvgIpc) is 3.23. The molecule has 1 unspecified atom stereocenters. The Labute approximate surface area is 150 Å². The lowest BCUT2D eigenvalue weighted by Crippen LogP contribution is -2.31. The molecule has 25 heavy (non-hydrogen) atoms. The van der Waals surface area contributed by atoms with Gasteiger partial charge in [0.25, 0.3) is 0 Å². The van der Waals surface area contributed by atoms with Crippen molar-refractivity contribution in [3.8, 4) is 0 Å². The summed E-state index contributed by atoms with van der Waals surface area (Å²) in [4.78, 5) is 12.2. The molecule has 1 aliphatic heterocycles. The van der Waals surface area contributed by atoms with Crippen molar-refractivity contribution in [2.45, 2.75) is 45.4 Å². The number of hydrogen-bond donors (Lipinski definition) is 1. The first-order chi connectivity index (χ1) is 12.1. The van der Waals surface area contributed by atoms with E-state index in [1.165, 1.54) is 6.42 Å². The number of aryl methyl sites for hydroxylation is 1. The highest BCUT2D eigenvalue weighted by Gasteiger charge is 2.20. The third kappa shape index (κ3) is 5.17. The van der Waals surface area contributed by atoms with Crippen molar-refractivity contribution in [1.82, 2.24) is 19.8 Å². The van der Waals surface area contributed by atoms with Crippen LogP contribution in [-0.2, 0) is 17.8 Å². The highest BCUT2D eigenvalue weighted by atomic mass is 16.5. The van der Waals surface area contributed by atoms with Crippen LogP contribution in [0.2, 0.25) is 0 Å². The molecule has 0 aromatic carbocycles. The minimum atomic E-state index is 0.131. The number of hydrogen-bond acceptors (Lipinski definition) is 5. The lowest BCUT2D eigenvalue weighted by molar-refractivity contribution is 0.000796. The van der Waals surface area contributed by atoms with E-state index in [-0.39, 0.29) is 6.10 Å². The van der Waals surface area contributed by atoms with Gasteiger partial charge in [-0.1, -0.05) is 0 Å². The van der Waals surface area contributed by atoms with Gasteiger partial charge < -0.3 is 19.0 Å². The van der Waals surface area contributed by atoms with Crippen molar-refractivity contribution in [3.63, 3.8) is 0 Å². The van der Waals surface area contributed by atoms with Crippen molar-refractivity contribution in [1.29, 1.82) is 0 Å². The summed E-state index contributed by atoms with van der Waals surface area (Å²) in [5, 5.41) is 0. The Morgan fingerprint density at radius 3 is 2.76 bits per heavy atom. The third-order valence-electron chi connectivity index (χ3n) is 4.73. The molecule has 0 amide bonds. The monoisotopic (exact) mass is 346 g/mol. The minimum Gasteiger partial charge on any atom is -0.462 e. The zero-order valence-electron chi connectivity index (χ0n) is 15.6. The number of furan rings is 1. The van der Waals surface area contributed by atoms with Gasteiger partial charge in [0, 0.05) is 31.9 Å². The van der Waals surface area contributed by atoms with Crippen molar-refractivity contribution in [2.24, 2.45) is 0 Å². The van der Waals surface area contributed by atoms with Gasteiger partial charge in [-0.2, -0.15) is 0 Å². The van der Waals surface area contributed by atoms with Crippen molar-refractivity contribution in [3.05, 3.63) is 41.4 Å². The molecule has 2 aromatic heterocycles.